The number of hydrogen-bond acceptors (Lipinski definition) is 2. The van der Waals surface area contributed by atoms with Gasteiger partial charge in [0.2, 0.25) is 0 Å². The van der Waals surface area contributed by atoms with E-state index in [1.54, 1.807) is 16.8 Å². The summed E-state index contributed by atoms with van der Waals surface area (Å²) in [6, 6.07) is 7.25. The number of aliphatic hydroxyl groups is 1. The lowest BCUT2D eigenvalue weighted by Crippen LogP contribution is -2.11. The fourth-order valence-corrected chi connectivity index (χ4v) is 2.32. The van der Waals surface area contributed by atoms with Crippen LogP contribution >= 0.6 is 27.5 Å². The molecule has 1 aromatic carbocycles. The number of halogens is 2. The molecule has 2 aromatic rings. The Morgan fingerprint density at radius 2 is 2.17 bits per heavy atom. The Morgan fingerprint density at radius 3 is 2.72 bits per heavy atom. The van der Waals surface area contributed by atoms with E-state index in [9.17, 15) is 5.11 Å². The highest BCUT2D eigenvalue weighted by atomic mass is 79.9. The van der Waals surface area contributed by atoms with Crippen molar-refractivity contribution in [3.63, 3.8) is 0 Å². The van der Waals surface area contributed by atoms with Crippen molar-refractivity contribution < 1.29 is 5.11 Å². The third kappa shape index (κ3) is 2.76. The highest BCUT2D eigenvalue weighted by molar-refractivity contribution is 9.10. The zero-order chi connectivity index (χ0) is 13.3. The van der Waals surface area contributed by atoms with Crippen LogP contribution in [-0.2, 0) is 6.54 Å². The molecular weight excluding hydrogens is 316 g/mol. The van der Waals surface area contributed by atoms with E-state index < -0.39 is 6.10 Å². The molecule has 2 rings (SSSR count). The first-order valence-electron chi connectivity index (χ1n) is 5.62. The Bertz CT molecular complexity index is 568. The molecule has 96 valence electrons. The van der Waals surface area contributed by atoms with Crippen molar-refractivity contribution in [2.24, 2.45) is 0 Å². The van der Waals surface area contributed by atoms with Gasteiger partial charge >= 0.3 is 0 Å². The smallest absolute Gasteiger partial charge is 0.0986 e. The minimum absolute atomic E-state index is 0.415. The summed E-state index contributed by atoms with van der Waals surface area (Å²) in [7, 11) is 0. The molecule has 0 fully saturated rings. The van der Waals surface area contributed by atoms with Crippen LogP contribution in [0.2, 0.25) is 5.02 Å². The van der Waals surface area contributed by atoms with Crippen LogP contribution in [0.25, 0.3) is 0 Å². The van der Waals surface area contributed by atoms with Crippen molar-refractivity contribution >= 4 is 27.5 Å². The Labute approximate surface area is 120 Å². The van der Waals surface area contributed by atoms with Crippen LogP contribution in [0.3, 0.4) is 0 Å². The molecule has 0 saturated heterocycles. The number of aromatic nitrogens is 2. The second-order valence-corrected chi connectivity index (χ2v) is 5.47. The SMILES string of the molecule is Cc1nn(CC(O)c2cccc(Cl)c2)c(C)c1Br. The fraction of sp³-hybridized carbons (Fsp3) is 0.308. The first-order valence-corrected chi connectivity index (χ1v) is 6.79. The lowest BCUT2D eigenvalue weighted by Gasteiger charge is -2.12. The Morgan fingerprint density at radius 1 is 1.44 bits per heavy atom. The van der Waals surface area contributed by atoms with Crippen LogP contribution in [-0.4, -0.2) is 14.9 Å². The van der Waals surface area contributed by atoms with E-state index in [1.807, 2.05) is 26.0 Å². The van der Waals surface area contributed by atoms with Crippen molar-refractivity contribution in [2.75, 3.05) is 0 Å². The molecule has 1 heterocycles. The fourth-order valence-electron chi connectivity index (χ4n) is 1.84. The molecule has 18 heavy (non-hydrogen) atoms. The maximum Gasteiger partial charge on any atom is 0.0986 e. The Kier molecular flexibility index (Phi) is 4.10. The van der Waals surface area contributed by atoms with Gasteiger partial charge in [-0.15, -0.1) is 0 Å². The molecular formula is C13H14BrClN2O. The van der Waals surface area contributed by atoms with Crippen molar-refractivity contribution in [3.05, 3.63) is 50.7 Å². The van der Waals surface area contributed by atoms with Crippen LogP contribution < -0.4 is 0 Å². The summed E-state index contributed by atoms with van der Waals surface area (Å²) in [5.41, 5.74) is 2.73. The van der Waals surface area contributed by atoms with E-state index in [0.717, 1.165) is 21.4 Å². The van der Waals surface area contributed by atoms with Gasteiger partial charge in [0, 0.05) is 10.7 Å². The van der Waals surface area contributed by atoms with Gasteiger partial charge < -0.3 is 5.11 Å². The third-order valence-electron chi connectivity index (χ3n) is 2.87. The van der Waals surface area contributed by atoms with Gasteiger partial charge in [0.25, 0.3) is 0 Å². The molecule has 0 aliphatic carbocycles. The summed E-state index contributed by atoms with van der Waals surface area (Å²) in [6.45, 7) is 4.31. The molecule has 1 atom stereocenters. The van der Waals surface area contributed by atoms with Gasteiger partial charge in [-0.3, -0.25) is 4.68 Å². The Balaban J connectivity index is 2.21. The number of nitrogens with zero attached hydrogens (tertiary/aromatic N) is 2. The quantitative estimate of drug-likeness (QED) is 0.933. The molecule has 0 radical (unpaired) electrons. The zero-order valence-electron chi connectivity index (χ0n) is 10.2. The maximum absolute atomic E-state index is 10.2. The van der Waals surface area contributed by atoms with Crippen LogP contribution in [0.5, 0.6) is 0 Å². The summed E-state index contributed by atoms with van der Waals surface area (Å²) in [5.74, 6) is 0. The molecule has 0 aliphatic rings. The normalized spacial score (nSPS) is 12.7. The minimum Gasteiger partial charge on any atom is -0.386 e. The second kappa shape index (κ2) is 5.43. The van der Waals surface area contributed by atoms with Crippen LogP contribution in [0.1, 0.15) is 23.1 Å². The molecule has 1 N–H and O–H groups in total. The highest BCUT2D eigenvalue weighted by Crippen LogP contribution is 2.23. The van der Waals surface area contributed by atoms with Crippen LogP contribution in [0.15, 0.2) is 28.7 Å². The molecule has 1 aromatic heterocycles. The van der Waals surface area contributed by atoms with E-state index in [0.29, 0.717) is 11.6 Å². The van der Waals surface area contributed by atoms with E-state index in [1.165, 1.54) is 0 Å². The first kappa shape index (κ1) is 13.6. The standard InChI is InChI=1S/C13H14BrClN2O/c1-8-13(14)9(2)17(16-8)7-12(18)10-4-3-5-11(15)6-10/h3-6,12,18H,7H2,1-2H3. The number of aliphatic hydroxyl groups excluding tert-OH is 1. The summed E-state index contributed by atoms with van der Waals surface area (Å²) in [5, 5.41) is 15.2. The number of hydrogen-bond donors (Lipinski definition) is 1. The molecule has 0 aliphatic heterocycles. The largest absolute Gasteiger partial charge is 0.386 e. The van der Waals surface area contributed by atoms with Crippen molar-refractivity contribution in [1.29, 1.82) is 0 Å². The molecule has 5 heteroatoms. The van der Waals surface area contributed by atoms with E-state index in [4.69, 9.17) is 11.6 Å². The summed E-state index contributed by atoms with van der Waals surface area (Å²) in [6.07, 6.45) is -0.617. The van der Waals surface area contributed by atoms with Gasteiger partial charge in [-0.05, 0) is 47.5 Å². The maximum atomic E-state index is 10.2. The molecule has 0 spiro atoms. The third-order valence-corrected chi connectivity index (χ3v) is 4.26. The number of rotatable bonds is 3. The van der Waals surface area contributed by atoms with Gasteiger partial charge in [-0.1, -0.05) is 23.7 Å². The van der Waals surface area contributed by atoms with Gasteiger partial charge in [0.05, 0.1) is 22.8 Å². The van der Waals surface area contributed by atoms with Crippen LogP contribution in [0, 0.1) is 13.8 Å². The average Bonchev–Trinajstić information content (AvgIpc) is 2.57. The lowest BCUT2D eigenvalue weighted by atomic mass is 10.1. The zero-order valence-corrected chi connectivity index (χ0v) is 12.5. The Hall–Kier alpha value is -0.840. The van der Waals surface area contributed by atoms with Gasteiger partial charge in [-0.25, -0.2) is 0 Å². The number of aryl methyl sites for hydroxylation is 1. The van der Waals surface area contributed by atoms with Gasteiger partial charge in [-0.2, -0.15) is 5.10 Å². The minimum atomic E-state index is -0.617. The summed E-state index contributed by atoms with van der Waals surface area (Å²) in [4.78, 5) is 0. The van der Waals surface area contributed by atoms with Gasteiger partial charge in [0.15, 0.2) is 0 Å². The summed E-state index contributed by atoms with van der Waals surface area (Å²) < 4.78 is 2.78. The molecule has 0 bridgehead atoms. The second-order valence-electron chi connectivity index (χ2n) is 4.24. The van der Waals surface area contributed by atoms with Crippen LogP contribution in [0.4, 0.5) is 0 Å². The molecule has 0 amide bonds. The predicted octanol–water partition coefficient (Wildman–Crippen LogP) is 3.65. The number of benzene rings is 1. The van der Waals surface area contributed by atoms with E-state index in [-0.39, 0.29) is 0 Å². The van der Waals surface area contributed by atoms with E-state index >= 15 is 0 Å². The molecule has 1 unspecified atom stereocenters. The molecule has 3 nitrogen and oxygen atoms in total. The van der Waals surface area contributed by atoms with E-state index in [2.05, 4.69) is 21.0 Å². The monoisotopic (exact) mass is 328 g/mol. The van der Waals surface area contributed by atoms with Crippen molar-refractivity contribution in [3.8, 4) is 0 Å². The molecule has 0 saturated carbocycles. The highest BCUT2D eigenvalue weighted by Gasteiger charge is 2.14. The lowest BCUT2D eigenvalue weighted by molar-refractivity contribution is 0.150. The average molecular weight is 330 g/mol. The topological polar surface area (TPSA) is 38.0 Å². The first-order chi connectivity index (χ1) is 8.49. The summed E-state index contributed by atoms with van der Waals surface area (Å²) >= 11 is 9.38. The van der Waals surface area contributed by atoms with Gasteiger partial charge in [0.1, 0.15) is 0 Å². The van der Waals surface area contributed by atoms with Crippen molar-refractivity contribution in [2.45, 2.75) is 26.5 Å². The predicted molar refractivity (Wildman–Crippen MR) is 75.8 cm³/mol. The van der Waals surface area contributed by atoms with Crippen molar-refractivity contribution in [1.82, 2.24) is 9.78 Å².